The lowest BCUT2D eigenvalue weighted by atomic mass is 9.84. The molecular formula is C17H26BrClN2O2. The Balaban J connectivity index is 0.00000264. The number of nitrogens with one attached hydrogen (secondary N) is 2. The van der Waals surface area contributed by atoms with Gasteiger partial charge in [-0.25, -0.2) is 0 Å². The van der Waals surface area contributed by atoms with E-state index in [9.17, 15) is 4.79 Å². The molecule has 0 aliphatic carbocycles. The number of carbonyl (C=O) groups is 1. The lowest BCUT2D eigenvalue weighted by Crippen LogP contribution is -2.55. The summed E-state index contributed by atoms with van der Waals surface area (Å²) in [5, 5.41) is 6.36. The van der Waals surface area contributed by atoms with Crippen molar-refractivity contribution in [1.29, 1.82) is 0 Å². The number of benzene rings is 1. The first-order chi connectivity index (χ1) is 10.4. The monoisotopic (exact) mass is 404 g/mol. The molecule has 1 aliphatic heterocycles. The molecule has 0 radical (unpaired) electrons. The number of halogens is 2. The predicted octanol–water partition coefficient (Wildman–Crippen LogP) is 3.03. The molecule has 1 heterocycles. The molecule has 4 nitrogen and oxygen atoms in total. The smallest absolute Gasteiger partial charge is 0.252 e. The van der Waals surface area contributed by atoms with Gasteiger partial charge in [0.25, 0.3) is 5.91 Å². The Morgan fingerprint density at radius 1 is 1.30 bits per heavy atom. The van der Waals surface area contributed by atoms with Crippen LogP contribution in [0.25, 0.3) is 0 Å². The van der Waals surface area contributed by atoms with E-state index in [1.54, 1.807) is 7.11 Å². The van der Waals surface area contributed by atoms with E-state index in [-0.39, 0.29) is 23.7 Å². The van der Waals surface area contributed by atoms with Crippen LogP contribution >= 0.6 is 28.3 Å². The SMILES string of the molecule is COC1(C(=O)NCC(C)(C)c2ccc(Br)cc2)CCNCC1.Cl. The molecule has 1 aromatic rings. The highest BCUT2D eigenvalue weighted by Gasteiger charge is 2.40. The first-order valence-corrected chi connectivity index (χ1v) is 8.49. The van der Waals surface area contributed by atoms with Gasteiger partial charge >= 0.3 is 0 Å². The zero-order valence-electron chi connectivity index (χ0n) is 13.9. The van der Waals surface area contributed by atoms with Crippen LogP contribution in [0.1, 0.15) is 32.3 Å². The van der Waals surface area contributed by atoms with Crippen molar-refractivity contribution >= 4 is 34.2 Å². The first-order valence-electron chi connectivity index (χ1n) is 7.70. The number of hydrogen-bond acceptors (Lipinski definition) is 3. The van der Waals surface area contributed by atoms with Crippen LogP contribution in [-0.2, 0) is 14.9 Å². The van der Waals surface area contributed by atoms with Gasteiger partial charge in [0.05, 0.1) is 0 Å². The highest BCUT2D eigenvalue weighted by Crippen LogP contribution is 2.26. The number of methoxy groups -OCH3 is 1. The Bertz CT molecular complexity index is 514. The zero-order chi connectivity index (χ0) is 16.2. The second-order valence-corrected chi connectivity index (χ2v) is 7.44. The molecular weight excluding hydrogens is 380 g/mol. The fourth-order valence-corrected chi connectivity index (χ4v) is 3.08. The summed E-state index contributed by atoms with van der Waals surface area (Å²) in [6.45, 7) is 6.50. The quantitative estimate of drug-likeness (QED) is 0.791. The first kappa shape index (κ1) is 20.4. The molecule has 0 saturated carbocycles. The van der Waals surface area contributed by atoms with E-state index < -0.39 is 5.60 Å². The largest absolute Gasteiger partial charge is 0.368 e. The van der Waals surface area contributed by atoms with E-state index in [0.29, 0.717) is 19.4 Å². The predicted molar refractivity (Wildman–Crippen MR) is 99.3 cm³/mol. The number of amides is 1. The van der Waals surface area contributed by atoms with Crippen LogP contribution in [0, 0.1) is 0 Å². The molecule has 23 heavy (non-hydrogen) atoms. The second kappa shape index (κ2) is 8.47. The van der Waals surface area contributed by atoms with Gasteiger partial charge < -0.3 is 15.4 Å². The van der Waals surface area contributed by atoms with E-state index in [0.717, 1.165) is 17.6 Å². The molecule has 0 bridgehead atoms. The second-order valence-electron chi connectivity index (χ2n) is 6.52. The molecule has 6 heteroatoms. The zero-order valence-corrected chi connectivity index (χ0v) is 16.4. The summed E-state index contributed by atoms with van der Waals surface area (Å²) < 4.78 is 6.63. The molecule has 1 aliphatic rings. The fraction of sp³-hybridized carbons (Fsp3) is 0.588. The molecule has 1 saturated heterocycles. The van der Waals surface area contributed by atoms with Gasteiger partial charge in [-0.2, -0.15) is 0 Å². The molecule has 0 unspecified atom stereocenters. The van der Waals surface area contributed by atoms with Gasteiger partial charge in [0.1, 0.15) is 5.60 Å². The van der Waals surface area contributed by atoms with Crippen LogP contribution in [0.5, 0.6) is 0 Å². The van der Waals surface area contributed by atoms with Crippen molar-refractivity contribution in [2.45, 2.75) is 37.7 Å². The molecule has 0 spiro atoms. The molecule has 2 N–H and O–H groups in total. The Hall–Kier alpha value is -0.620. The lowest BCUT2D eigenvalue weighted by Gasteiger charge is -2.36. The van der Waals surface area contributed by atoms with Gasteiger partial charge in [-0.05, 0) is 43.6 Å². The summed E-state index contributed by atoms with van der Waals surface area (Å²) in [4.78, 5) is 12.6. The number of rotatable bonds is 5. The van der Waals surface area contributed by atoms with Crippen LogP contribution in [0.2, 0.25) is 0 Å². The van der Waals surface area contributed by atoms with E-state index in [4.69, 9.17) is 4.74 Å². The normalized spacial score (nSPS) is 17.2. The third kappa shape index (κ3) is 4.92. The van der Waals surface area contributed by atoms with Crippen molar-refractivity contribution in [2.75, 3.05) is 26.7 Å². The third-order valence-electron chi connectivity index (χ3n) is 4.53. The number of carbonyl (C=O) groups excluding carboxylic acids is 1. The van der Waals surface area contributed by atoms with Gasteiger partial charge in [0.2, 0.25) is 0 Å². The molecule has 0 aromatic heterocycles. The summed E-state index contributed by atoms with van der Waals surface area (Å²) in [5.74, 6) is 0.00156. The molecule has 0 atom stereocenters. The number of ether oxygens (including phenoxy) is 1. The minimum atomic E-state index is -0.680. The third-order valence-corrected chi connectivity index (χ3v) is 5.06. The average molecular weight is 406 g/mol. The van der Waals surface area contributed by atoms with Gasteiger partial charge in [0.15, 0.2) is 0 Å². The molecule has 1 amide bonds. The van der Waals surface area contributed by atoms with Gasteiger partial charge in [-0.3, -0.25) is 4.79 Å². The van der Waals surface area contributed by atoms with E-state index in [1.807, 2.05) is 12.1 Å². The van der Waals surface area contributed by atoms with Crippen LogP contribution in [-0.4, -0.2) is 38.3 Å². The topological polar surface area (TPSA) is 50.4 Å². The van der Waals surface area contributed by atoms with Gasteiger partial charge in [-0.1, -0.05) is 41.9 Å². The Labute approximate surface area is 153 Å². The molecule has 130 valence electrons. The maximum Gasteiger partial charge on any atom is 0.252 e. The number of hydrogen-bond donors (Lipinski definition) is 2. The van der Waals surface area contributed by atoms with Gasteiger partial charge in [0, 0.05) is 23.5 Å². The van der Waals surface area contributed by atoms with E-state index >= 15 is 0 Å². The van der Waals surface area contributed by atoms with E-state index in [1.165, 1.54) is 5.56 Å². The fourth-order valence-electron chi connectivity index (χ4n) is 2.82. The van der Waals surface area contributed by atoms with Crippen LogP contribution in [0.3, 0.4) is 0 Å². The van der Waals surface area contributed by atoms with Crippen molar-refractivity contribution in [3.05, 3.63) is 34.3 Å². The van der Waals surface area contributed by atoms with Crippen molar-refractivity contribution in [1.82, 2.24) is 10.6 Å². The summed E-state index contributed by atoms with van der Waals surface area (Å²) >= 11 is 3.45. The minimum absolute atomic E-state index is 0. The van der Waals surface area contributed by atoms with Gasteiger partial charge in [-0.15, -0.1) is 12.4 Å². The summed E-state index contributed by atoms with van der Waals surface area (Å²) in [6.07, 6.45) is 1.43. The van der Waals surface area contributed by atoms with Crippen LogP contribution < -0.4 is 10.6 Å². The van der Waals surface area contributed by atoms with E-state index in [2.05, 4.69) is 52.5 Å². The van der Waals surface area contributed by atoms with Crippen LogP contribution in [0.15, 0.2) is 28.7 Å². The average Bonchev–Trinajstić information content (AvgIpc) is 2.53. The summed E-state index contributed by atoms with van der Waals surface area (Å²) in [6, 6.07) is 8.24. The minimum Gasteiger partial charge on any atom is -0.368 e. The maximum absolute atomic E-state index is 12.6. The number of piperidine rings is 1. The Kier molecular flexibility index (Phi) is 7.52. The van der Waals surface area contributed by atoms with Crippen molar-refractivity contribution < 1.29 is 9.53 Å². The highest BCUT2D eigenvalue weighted by molar-refractivity contribution is 9.10. The van der Waals surface area contributed by atoms with Crippen molar-refractivity contribution in [3.8, 4) is 0 Å². The maximum atomic E-state index is 12.6. The molecule has 1 fully saturated rings. The highest BCUT2D eigenvalue weighted by atomic mass is 79.9. The molecule has 1 aromatic carbocycles. The summed E-state index contributed by atoms with van der Waals surface area (Å²) in [7, 11) is 1.63. The summed E-state index contributed by atoms with van der Waals surface area (Å²) in [5.41, 5.74) is 0.395. The standard InChI is InChI=1S/C17H25BrN2O2.ClH/c1-16(2,13-4-6-14(18)7-5-13)12-20-15(21)17(22-3)8-10-19-11-9-17;/h4-7,19H,8-12H2,1-3H3,(H,20,21);1H. The van der Waals surface area contributed by atoms with Crippen molar-refractivity contribution in [2.24, 2.45) is 0 Å². The van der Waals surface area contributed by atoms with Crippen molar-refractivity contribution in [3.63, 3.8) is 0 Å². The Morgan fingerprint density at radius 2 is 1.87 bits per heavy atom. The molecule has 2 rings (SSSR count). The lowest BCUT2D eigenvalue weighted by molar-refractivity contribution is -0.146. The Morgan fingerprint density at radius 3 is 2.39 bits per heavy atom. The van der Waals surface area contributed by atoms with Crippen LogP contribution in [0.4, 0.5) is 0 Å².